The van der Waals surface area contributed by atoms with Gasteiger partial charge < -0.3 is 10.4 Å². The van der Waals surface area contributed by atoms with Gasteiger partial charge in [0.15, 0.2) is 9.84 Å². The zero-order chi connectivity index (χ0) is 14.0. The molecule has 1 atom stereocenters. The molecule has 1 fully saturated rings. The lowest BCUT2D eigenvalue weighted by Gasteiger charge is -2.13. The van der Waals surface area contributed by atoms with E-state index in [1.807, 2.05) is 0 Å². The molecule has 1 aromatic rings. The van der Waals surface area contributed by atoms with Crippen LogP contribution in [-0.2, 0) is 21.2 Å². The van der Waals surface area contributed by atoms with Crippen LogP contribution < -0.4 is 5.32 Å². The molecule has 0 amide bonds. The van der Waals surface area contributed by atoms with E-state index in [-0.39, 0.29) is 10.8 Å². The third-order valence-electron chi connectivity index (χ3n) is 3.24. The third kappa shape index (κ3) is 3.78. The van der Waals surface area contributed by atoms with Gasteiger partial charge in [0.05, 0.1) is 4.90 Å². The van der Waals surface area contributed by atoms with Gasteiger partial charge in [0.25, 0.3) is 0 Å². The number of benzene rings is 1. The number of rotatable bonds is 6. The summed E-state index contributed by atoms with van der Waals surface area (Å²) < 4.78 is 22.6. The van der Waals surface area contributed by atoms with Crippen LogP contribution in [0.3, 0.4) is 0 Å². The Morgan fingerprint density at radius 2 is 1.95 bits per heavy atom. The van der Waals surface area contributed by atoms with Crippen LogP contribution in [0.5, 0.6) is 0 Å². The maximum absolute atomic E-state index is 11.3. The second kappa shape index (κ2) is 5.30. The van der Waals surface area contributed by atoms with Crippen LogP contribution in [0.2, 0.25) is 0 Å². The van der Waals surface area contributed by atoms with E-state index in [9.17, 15) is 13.2 Å². The predicted octanol–water partition coefficient (Wildman–Crippen LogP) is 1.04. The summed E-state index contributed by atoms with van der Waals surface area (Å²) in [5, 5.41) is 12.1. The van der Waals surface area contributed by atoms with E-state index in [0.717, 1.165) is 24.7 Å². The number of nitrogens with one attached hydrogen (secondary N) is 1. The Kier molecular flexibility index (Phi) is 3.91. The summed E-state index contributed by atoms with van der Waals surface area (Å²) in [6.45, 7) is 0.428. The first kappa shape index (κ1) is 14.0. The van der Waals surface area contributed by atoms with Crippen LogP contribution >= 0.6 is 0 Å². The number of aliphatic carboxylic acids is 1. The number of carboxylic acids is 1. The van der Waals surface area contributed by atoms with Crippen LogP contribution in [0, 0.1) is 5.92 Å². The first-order valence-electron chi connectivity index (χ1n) is 6.13. The number of carbonyl (C=O) groups is 1. The van der Waals surface area contributed by atoms with Crippen molar-refractivity contribution in [1.82, 2.24) is 5.32 Å². The van der Waals surface area contributed by atoms with Gasteiger partial charge >= 0.3 is 5.97 Å². The van der Waals surface area contributed by atoms with Gasteiger partial charge in [-0.25, -0.2) is 8.42 Å². The number of hydrogen-bond donors (Lipinski definition) is 2. The van der Waals surface area contributed by atoms with Crippen molar-refractivity contribution in [3.8, 4) is 0 Å². The van der Waals surface area contributed by atoms with Crippen LogP contribution in [0.4, 0.5) is 0 Å². The first-order chi connectivity index (χ1) is 8.88. The van der Waals surface area contributed by atoms with Gasteiger partial charge in [-0.15, -0.1) is 0 Å². The highest BCUT2D eigenvalue weighted by Gasteiger charge is 2.35. The smallest absolute Gasteiger partial charge is 0.320 e. The molecule has 1 unspecified atom stereocenters. The standard InChI is InChI=1S/C13H17NO4S/c1-19(17,18)11-6-2-9(3-7-11)8-14-12(13(15)16)10-4-5-10/h2-3,6-7,10,12,14H,4-5,8H2,1H3,(H,15,16). The van der Waals surface area contributed by atoms with Crippen molar-refractivity contribution in [3.05, 3.63) is 29.8 Å². The van der Waals surface area contributed by atoms with Crippen LogP contribution in [-0.4, -0.2) is 31.8 Å². The number of sulfone groups is 1. The van der Waals surface area contributed by atoms with E-state index < -0.39 is 21.8 Å². The SMILES string of the molecule is CS(=O)(=O)c1ccc(CNC(C(=O)O)C2CC2)cc1. The van der Waals surface area contributed by atoms with E-state index in [0.29, 0.717) is 6.54 Å². The fourth-order valence-electron chi connectivity index (χ4n) is 1.97. The molecule has 0 aliphatic heterocycles. The normalized spacial score (nSPS) is 17.1. The summed E-state index contributed by atoms with van der Waals surface area (Å²) >= 11 is 0. The second-order valence-corrected chi connectivity index (χ2v) is 6.97. The van der Waals surface area contributed by atoms with Crippen molar-refractivity contribution in [2.75, 3.05) is 6.26 Å². The van der Waals surface area contributed by atoms with E-state index >= 15 is 0 Å². The molecule has 0 radical (unpaired) electrons. The fraction of sp³-hybridized carbons (Fsp3) is 0.462. The Labute approximate surface area is 112 Å². The lowest BCUT2D eigenvalue weighted by molar-refractivity contribution is -0.140. The molecule has 1 saturated carbocycles. The predicted molar refractivity (Wildman–Crippen MR) is 70.5 cm³/mol. The van der Waals surface area contributed by atoms with Crippen molar-refractivity contribution in [2.24, 2.45) is 5.92 Å². The zero-order valence-corrected chi connectivity index (χ0v) is 11.5. The van der Waals surface area contributed by atoms with Gasteiger partial charge in [0, 0.05) is 12.8 Å². The van der Waals surface area contributed by atoms with Gasteiger partial charge in [-0.05, 0) is 36.5 Å². The first-order valence-corrected chi connectivity index (χ1v) is 8.02. The van der Waals surface area contributed by atoms with E-state index in [4.69, 9.17) is 5.11 Å². The zero-order valence-electron chi connectivity index (χ0n) is 10.7. The molecule has 1 aromatic carbocycles. The molecule has 1 aliphatic rings. The molecule has 6 heteroatoms. The molecule has 2 rings (SSSR count). The van der Waals surface area contributed by atoms with Crippen molar-refractivity contribution in [2.45, 2.75) is 30.3 Å². The highest BCUT2D eigenvalue weighted by molar-refractivity contribution is 7.90. The molecule has 0 aromatic heterocycles. The van der Waals surface area contributed by atoms with Crippen molar-refractivity contribution < 1.29 is 18.3 Å². The molecule has 2 N–H and O–H groups in total. The third-order valence-corrected chi connectivity index (χ3v) is 4.37. The molecule has 0 bridgehead atoms. The largest absolute Gasteiger partial charge is 0.480 e. The minimum atomic E-state index is -3.18. The summed E-state index contributed by atoms with van der Waals surface area (Å²) in [5.41, 5.74) is 0.874. The fourth-order valence-corrected chi connectivity index (χ4v) is 2.60. The molecule has 1 aliphatic carbocycles. The quantitative estimate of drug-likeness (QED) is 0.815. The Bertz CT molecular complexity index is 561. The van der Waals surface area contributed by atoms with Crippen LogP contribution in [0.1, 0.15) is 18.4 Å². The minimum absolute atomic E-state index is 0.229. The van der Waals surface area contributed by atoms with Gasteiger partial charge in [0.1, 0.15) is 6.04 Å². The van der Waals surface area contributed by atoms with Crippen LogP contribution in [0.15, 0.2) is 29.2 Å². The maximum Gasteiger partial charge on any atom is 0.320 e. The molecule has 104 valence electrons. The van der Waals surface area contributed by atoms with Gasteiger partial charge in [0.2, 0.25) is 0 Å². The lowest BCUT2D eigenvalue weighted by atomic mass is 10.1. The molecule has 0 heterocycles. The Morgan fingerprint density at radius 1 is 1.37 bits per heavy atom. The summed E-state index contributed by atoms with van der Waals surface area (Å²) in [6.07, 6.45) is 3.07. The van der Waals surface area contributed by atoms with Gasteiger partial charge in [-0.1, -0.05) is 12.1 Å². The summed E-state index contributed by atoms with van der Waals surface area (Å²) in [5.74, 6) is -0.594. The van der Waals surface area contributed by atoms with Crippen molar-refractivity contribution in [3.63, 3.8) is 0 Å². The summed E-state index contributed by atoms with van der Waals surface area (Å²) in [7, 11) is -3.18. The van der Waals surface area contributed by atoms with E-state index in [1.54, 1.807) is 24.3 Å². The molecular weight excluding hydrogens is 266 g/mol. The lowest BCUT2D eigenvalue weighted by Crippen LogP contribution is -2.38. The highest BCUT2D eigenvalue weighted by Crippen LogP contribution is 2.32. The van der Waals surface area contributed by atoms with Crippen molar-refractivity contribution >= 4 is 15.8 Å². The maximum atomic E-state index is 11.3. The average molecular weight is 283 g/mol. The summed E-state index contributed by atoms with van der Waals surface area (Å²) in [4.78, 5) is 11.3. The average Bonchev–Trinajstić information content (AvgIpc) is 3.13. The second-order valence-electron chi connectivity index (χ2n) is 4.95. The number of hydrogen-bond acceptors (Lipinski definition) is 4. The molecule has 19 heavy (non-hydrogen) atoms. The minimum Gasteiger partial charge on any atom is -0.480 e. The van der Waals surface area contributed by atoms with E-state index in [2.05, 4.69) is 5.32 Å². The number of carboxylic acid groups (broad SMARTS) is 1. The topological polar surface area (TPSA) is 83.5 Å². The van der Waals surface area contributed by atoms with Crippen molar-refractivity contribution in [1.29, 1.82) is 0 Å². The summed E-state index contributed by atoms with van der Waals surface area (Å²) in [6, 6.07) is 5.98. The molecule has 0 spiro atoms. The Hall–Kier alpha value is -1.40. The molecule has 0 saturated heterocycles. The highest BCUT2D eigenvalue weighted by atomic mass is 32.2. The molecular formula is C13H17NO4S. The molecule has 5 nitrogen and oxygen atoms in total. The Morgan fingerprint density at radius 3 is 2.37 bits per heavy atom. The Balaban J connectivity index is 1.98. The van der Waals surface area contributed by atoms with Gasteiger partial charge in [-0.3, -0.25) is 4.79 Å². The van der Waals surface area contributed by atoms with E-state index in [1.165, 1.54) is 0 Å². The monoisotopic (exact) mass is 283 g/mol. The van der Waals surface area contributed by atoms with Crippen LogP contribution in [0.25, 0.3) is 0 Å². The van der Waals surface area contributed by atoms with Gasteiger partial charge in [-0.2, -0.15) is 0 Å².